The van der Waals surface area contributed by atoms with Crippen molar-refractivity contribution < 1.29 is 43.2 Å². The number of hydrogen-bond donors (Lipinski definition) is 1. The van der Waals surface area contributed by atoms with E-state index in [4.69, 9.17) is 28.8 Å². The lowest BCUT2D eigenvalue weighted by Gasteiger charge is -2.25. The first-order valence-electron chi connectivity index (χ1n) is 14.3. The SMILES string of the molecule is C=CCOC(=O)CN(Cc1c(OC)cc(OC)cc1OCCCCC(=O)O)C(=O)OCC1c2ccccc2-c2ccccc21. The van der Waals surface area contributed by atoms with E-state index in [1.807, 2.05) is 36.4 Å². The number of unbranched alkanes of at least 4 members (excludes halogenated alkanes) is 1. The van der Waals surface area contributed by atoms with Crippen LogP contribution < -0.4 is 14.2 Å². The van der Waals surface area contributed by atoms with E-state index < -0.39 is 24.6 Å². The Morgan fingerprint density at radius 1 is 0.909 bits per heavy atom. The zero-order chi connectivity index (χ0) is 31.5. The van der Waals surface area contributed by atoms with Crippen molar-refractivity contribution in [2.24, 2.45) is 0 Å². The van der Waals surface area contributed by atoms with Crippen molar-refractivity contribution in [1.82, 2.24) is 4.90 Å². The number of esters is 1. The summed E-state index contributed by atoms with van der Waals surface area (Å²) in [6.45, 7) is 3.36. The highest BCUT2D eigenvalue weighted by Crippen LogP contribution is 2.44. The minimum Gasteiger partial charge on any atom is -0.496 e. The highest BCUT2D eigenvalue weighted by molar-refractivity contribution is 5.80. The number of fused-ring (bicyclic) bond motifs is 3. The fourth-order valence-corrected chi connectivity index (χ4v) is 5.16. The zero-order valence-corrected chi connectivity index (χ0v) is 25.0. The molecule has 0 unspecified atom stereocenters. The van der Waals surface area contributed by atoms with Gasteiger partial charge in [0.2, 0.25) is 0 Å². The number of aliphatic carboxylic acids is 1. The van der Waals surface area contributed by atoms with Gasteiger partial charge in [-0.05, 0) is 35.1 Å². The van der Waals surface area contributed by atoms with Gasteiger partial charge in [-0.1, -0.05) is 61.2 Å². The molecule has 0 fully saturated rings. The van der Waals surface area contributed by atoms with Crippen molar-refractivity contribution >= 4 is 18.0 Å². The van der Waals surface area contributed by atoms with Crippen molar-refractivity contribution in [3.05, 3.63) is 90.0 Å². The van der Waals surface area contributed by atoms with Gasteiger partial charge in [-0.25, -0.2) is 4.79 Å². The molecule has 3 aromatic carbocycles. The molecule has 0 radical (unpaired) electrons. The van der Waals surface area contributed by atoms with Crippen LogP contribution in [0.2, 0.25) is 0 Å². The molecular weight excluding hydrogens is 566 g/mol. The number of rotatable bonds is 16. The van der Waals surface area contributed by atoms with Crippen LogP contribution in [0.25, 0.3) is 11.1 Å². The summed E-state index contributed by atoms with van der Waals surface area (Å²) in [6, 6.07) is 19.3. The van der Waals surface area contributed by atoms with Crippen LogP contribution in [0.5, 0.6) is 17.2 Å². The average Bonchev–Trinajstić information content (AvgIpc) is 3.35. The van der Waals surface area contributed by atoms with E-state index in [1.165, 1.54) is 25.2 Å². The van der Waals surface area contributed by atoms with Crippen LogP contribution in [0.15, 0.2) is 73.3 Å². The summed E-state index contributed by atoms with van der Waals surface area (Å²) in [5, 5.41) is 8.93. The molecule has 0 saturated heterocycles. The fraction of sp³-hybridized carbons (Fsp3) is 0.324. The molecule has 232 valence electrons. The Morgan fingerprint density at radius 2 is 1.57 bits per heavy atom. The molecule has 10 nitrogen and oxygen atoms in total. The number of carboxylic acids is 1. The minimum atomic E-state index is -0.879. The van der Waals surface area contributed by atoms with E-state index >= 15 is 0 Å². The maximum atomic E-state index is 13.6. The second-order valence-corrected chi connectivity index (χ2v) is 10.1. The summed E-state index contributed by atoms with van der Waals surface area (Å²) in [6.07, 6.45) is 1.69. The molecule has 44 heavy (non-hydrogen) atoms. The van der Waals surface area contributed by atoms with E-state index in [1.54, 1.807) is 12.1 Å². The molecule has 0 saturated carbocycles. The number of ether oxygens (including phenoxy) is 5. The number of amides is 1. The maximum absolute atomic E-state index is 13.6. The van der Waals surface area contributed by atoms with Crippen LogP contribution in [0.4, 0.5) is 4.79 Å². The van der Waals surface area contributed by atoms with Crippen LogP contribution in [-0.4, -0.2) is 68.6 Å². The van der Waals surface area contributed by atoms with Gasteiger partial charge in [-0.3, -0.25) is 14.5 Å². The minimum absolute atomic E-state index is 0.00603. The highest BCUT2D eigenvalue weighted by atomic mass is 16.6. The lowest BCUT2D eigenvalue weighted by atomic mass is 9.98. The Kier molecular flexibility index (Phi) is 11.2. The number of carboxylic acid groups (broad SMARTS) is 1. The highest BCUT2D eigenvalue weighted by Gasteiger charge is 2.31. The topological polar surface area (TPSA) is 121 Å². The van der Waals surface area contributed by atoms with E-state index in [9.17, 15) is 14.4 Å². The second-order valence-electron chi connectivity index (χ2n) is 10.1. The van der Waals surface area contributed by atoms with Crippen molar-refractivity contribution in [3.63, 3.8) is 0 Å². The average molecular weight is 604 g/mol. The molecule has 1 aliphatic rings. The molecule has 0 bridgehead atoms. The van der Waals surface area contributed by atoms with Gasteiger partial charge >= 0.3 is 18.0 Å². The molecule has 0 heterocycles. The summed E-state index contributed by atoms with van der Waals surface area (Å²) >= 11 is 0. The molecule has 4 rings (SSSR count). The first kappa shape index (κ1) is 31.9. The predicted octanol–water partition coefficient (Wildman–Crippen LogP) is 5.82. The normalized spacial score (nSPS) is 11.6. The van der Waals surface area contributed by atoms with Gasteiger partial charge in [-0.15, -0.1) is 0 Å². The first-order chi connectivity index (χ1) is 21.4. The number of benzene rings is 3. The molecule has 0 aromatic heterocycles. The third-order valence-electron chi connectivity index (χ3n) is 7.27. The van der Waals surface area contributed by atoms with Gasteiger partial charge in [-0.2, -0.15) is 0 Å². The van der Waals surface area contributed by atoms with Gasteiger partial charge in [0.1, 0.15) is 37.0 Å². The van der Waals surface area contributed by atoms with Crippen molar-refractivity contribution in [2.75, 3.05) is 40.6 Å². The predicted molar refractivity (Wildman–Crippen MR) is 163 cm³/mol. The third kappa shape index (κ3) is 7.89. The number of carbonyl (C=O) groups is 3. The van der Waals surface area contributed by atoms with Gasteiger partial charge in [0, 0.05) is 24.5 Å². The Bertz CT molecular complexity index is 1440. The van der Waals surface area contributed by atoms with E-state index in [2.05, 4.69) is 18.7 Å². The quantitative estimate of drug-likeness (QED) is 0.123. The summed E-state index contributed by atoms with van der Waals surface area (Å²) in [4.78, 5) is 38.5. The van der Waals surface area contributed by atoms with Crippen LogP contribution >= 0.6 is 0 Å². The molecule has 10 heteroatoms. The first-order valence-corrected chi connectivity index (χ1v) is 14.3. The Labute approximate surface area is 256 Å². The smallest absolute Gasteiger partial charge is 0.410 e. The summed E-state index contributed by atoms with van der Waals surface area (Å²) in [5.74, 6) is -0.476. The standard InChI is InChI=1S/C34H37NO9/c1-4-16-43-33(38)21-35(20-28-30(41-3)18-23(40-2)19-31(28)42-17-10-9-15-32(36)37)34(39)44-22-29-26-13-7-5-11-24(26)25-12-6-8-14-27(25)29/h4-8,11-14,18-19,29H,1,9-10,15-17,20-22H2,2-3H3,(H,36,37). The molecule has 3 aromatic rings. The van der Waals surface area contributed by atoms with Gasteiger partial charge in [0.05, 0.1) is 32.9 Å². The molecule has 1 aliphatic carbocycles. The maximum Gasteiger partial charge on any atom is 0.410 e. The molecule has 0 spiro atoms. The van der Waals surface area contributed by atoms with E-state index in [0.717, 1.165) is 22.3 Å². The largest absolute Gasteiger partial charge is 0.496 e. The summed E-state index contributed by atoms with van der Waals surface area (Å²) in [5.41, 5.74) is 4.81. The van der Waals surface area contributed by atoms with Crippen molar-refractivity contribution in [1.29, 1.82) is 0 Å². The van der Waals surface area contributed by atoms with Gasteiger partial charge < -0.3 is 28.8 Å². The van der Waals surface area contributed by atoms with Gasteiger partial charge in [0.25, 0.3) is 0 Å². The lowest BCUT2D eigenvalue weighted by Crippen LogP contribution is -2.37. The Hall–Kier alpha value is -4.99. The van der Waals surface area contributed by atoms with Crippen LogP contribution in [0.1, 0.15) is 41.9 Å². The molecule has 1 amide bonds. The number of hydrogen-bond acceptors (Lipinski definition) is 8. The molecule has 0 aliphatic heterocycles. The summed E-state index contributed by atoms with van der Waals surface area (Å²) < 4.78 is 28.1. The third-order valence-corrected chi connectivity index (χ3v) is 7.27. The van der Waals surface area contributed by atoms with Crippen LogP contribution in [-0.2, 0) is 25.6 Å². The van der Waals surface area contributed by atoms with E-state index in [-0.39, 0.29) is 38.7 Å². The Balaban J connectivity index is 1.57. The molecule has 1 N–H and O–H groups in total. The van der Waals surface area contributed by atoms with Crippen molar-refractivity contribution in [3.8, 4) is 28.4 Å². The molecule has 0 atom stereocenters. The Morgan fingerprint density at radius 3 is 2.18 bits per heavy atom. The molecular formula is C34H37NO9. The monoisotopic (exact) mass is 603 g/mol. The number of carbonyl (C=O) groups excluding carboxylic acids is 2. The number of methoxy groups -OCH3 is 2. The fourth-order valence-electron chi connectivity index (χ4n) is 5.16. The van der Waals surface area contributed by atoms with Crippen molar-refractivity contribution in [2.45, 2.75) is 31.7 Å². The van der Waals surface area contributed by atoms with E-state index in [0.29, 0.717) is 35.7 Å². The summed E-state index contributed by atoms with van der Waals surface area (Å²) in [7, 11) is 2.98. The zero-order valence-electron chi connectivity index (χ0n) is 25.0. The lowest BCUT2D eigenvalue weighted by molar-refractivity contribution is -0.143. The van der Waals surface area contributed by atoms with Crippen LogP contribution in [0.3, 0.4) is 0 Å². The van der Waals surface area contributed by atoms with Gasteiger partial charge in [0.15, 0.2) is 0 Å². The van der Waals surface area contributed by atoms with Crippen LogP contribution in [0, 0.1) is 0 Å². The second kappa shape index (κ2) is 15.5. The number of nitrogens with zero attached hydrogens (tertiary/aromatic N) is 1.